The van der Waals surface area contributed by atoms with Gasteiger partial charge in [-0.25, -0.2) is 4.79 Å². The summed E-state index contributed by atoms with van der Waals surface area (Å²) in [4.78, 5) is 21.7. The molecule has 0 heterocycles. The molecule has 0 aromatic rings. The Hall–Kier alpha value is -1.74. The Bertz CT molecular complexity index is 355. The molecule has 0 saturated carbocycles. The number of ether oxygens (including phenoxy) is 4. The fraction of sp³-hybridized carbons (Fsp3) is 0.571. The molecule has 2 atom stereocenters. The number of hydrogen-bond acceptors (Lipinski definition) is 8. The van der Waals surface area contributed by atoms with E-state index in [4.69, 9.17) is 9.47 Å². The molecule has 0 aliphatic carbocycles. The Labute approximate surface area is 128 Å². The summed E-state index contributed by atoms with van der Waals surface area (Å²) in [5.74, 6) is -1.22. The van der Waals surface area contributed by atoms with Crippen molar-refractivity contribution in [2.75, 3.05) is 33.0 Å². The maximum atomic E-state index is 11.0. The second-order valence-corrected chi connectivity index (χ2v) is 4.15. The second kappa shape index (κ2) is 13.0. The van der Waals surface area contributed by atoms with Gasteiger partial charge in [0.1, 0.15) is 12.7 Å². The van der Waals surface area contributed by atoms with Crippen LogP contribution in [0.15, 0.2) is 25.5 Å². The van der Waals surface area contributed by atoms with Crippen LogP contribution in [0.3, 0.4) is 0 Å². The average molecular weight is 318 g/mol. The minimum atomic E-state index is -0.976. The number of carbonyl (C=O) groups is 2. The quantitative estimate of drug-likeness (QED) is 0.203. The van der Waals surface area contributed by atoms with Gasteiger partial charge in [0.25, 0.3) is 0 Å². The van der Waals surface area contributed by atoms with E-state index in [-0.39, 0.29) is 39.5 Å². The Morgan fingerprint density at radius 1 is 1.00 bits per heavy atom. The maximum Gasteiger partial charge on any atom is 0.330 e. The molecule has 0 radical (unpaired) electrons. The molecule has 0 rings (SSSR count). The van der Waals surface area contributed by atoms with Crippen LogP contribution >= 0.6 is 0 Å². The molecule has 0 fully saturated rings. The van der Waals surface area contributed by atoms with E-state index in [1.807, 2.05) is 0 Å². The minimum absolute atomic E-state index is 0.0258. The van der Waals surface area contributed by atoms with Gasteiger partial charge in [-0.3, -0.25) is 4.79 Å². The summed E-state index contributed by atoms with van der Waals surface area (Å²) in [6.07, 6.45) is -0.126. The maximum absolute atomic E-state index is 11.0. The standard InChI is InChI=1S/C14H22O8/c1-3-13(17)22-10-12(16)9-20-6-5-19-8-11(15)7-14(18)21-4-2/h3-4,11-12,15-16H,1-2,5-10H2. The van der Waals surface area contributed by atoms with Crippen molar-refractivity contribution >= 4 is 11.9 Å². The molecule has 0 saturated heterocycles. The number of hydrogen-bond donors (Lipinski definition) is 2. The first-order valence-electron chi connectivity index (χ1n) is 6.60. The summed E-state index contributed by atoms with van der Waals surface area (Å²) in [5.41, 5.74) is 0. The Balaban J connectivity index is 3.49. The van der Waals surface area contributed by atoms with Gasteiger partial charge in [-0.1, -0.05) is 13.2 Å². The first-order valence-corrected chi connectivity index (χ1v) is 6.60. The van der Waals surface area contributed by atoms with Gasteiger partial charge in [0.05, 0.1) is 45.2 Å². The minimum Gasteiger partial charge on any atom is -0.460 e. The van der Waals surface area contributed by atoms with E-state index in [2.05, 4.69) is 22.6 Å². The highest BCUT2D eigenvalue weighted by molar-refractivity contribution is 5.81. The van der Waals surface area contributed by atoms with Crippen molar-refractivity contribution in [2.24, 2.45) is 0 Å². The summed E-state index contributed by atoms with van der Waals surface area (Å²) in [6.45, 7) is 6.53. The van der Waals surface area contributed by atoms with E-state index >= 15 is 0 Å². The van der Waals surface area contributed by atoms with Crippen LogP contribution in [-0.2, 0) is 28.5 Å². The molecule has 0 bridgehead atoms. The summed E-state index contributed by atoms with van der Waals surface area (Å²) < 4.78 is 19.2. The molecule has 8 nitrogen and oxygen atoms in total. The zero-order chi connectivity index (χ0) is 16.8. The van der Waals surface area contributed by atoms with Crippen LogP contribution in [0, 0.1) is 0 Å². The lowest BCUT2D eigenvalue weighted by Crippen LogP contribution is -2.25. The van der Waals surface area contributed by atoms with Crippen LogP contribution in [0.4, 0.5) is 0 Å². The van der Waals surface area contributed by atoms with Gasteiger partial charge in [0, 0.05) is 6.08 Å². The fourth-order valence-electron chi connectivity index (χ4n) is 1.23. The molecule has 0 aliphatic heterocycles. The lowest BCUT2D eigenvalue weighted by atomic mass is 10.3. The summed E-state index contributed by atoms with van der Waals surface area (Å²) in [6, 6.07) is 0. The van der Waals surface area contributed by atoms with Crippen molar-refractivity contribution in [3.63, 3.8) is 0 Å². The summed E-state index contributed by atoms with van der Waals surface area (Å²) in [5, 5.41) is 18.9. The van der Waals surface area contributed by atoms with Gasteiger partial charge in [0.2, 0.25) is 0 Å². The van der Waals surface area contributed by atoms with Gasteiger partial charge >= 0.3 is 11.9 Å². The zero-order valence-electron chi connectivity index (χ0n) is 12.3. The van der Waals surface area contributed by atoms with Crippen LogP contribution in [0.1, 0.15) is 6.42 Å². The highest BCUT2D eigenvalue weighted by Gasteiger charge is 2.11. The molecule has 0 aromatic heterocycles. The van der Waals surface area contributed by atoms with Crippen molar-refractivity contribution in [2.45, 2.75) is 18.6 Å². The molecule has 2 N–H and O–H groups in total. The molecule has 2 unspecified atom stereocenters. The van der Waals surface area contributed by atoms with Crippen LogP contribution < -0.4 is 0 Å². The normalized spacial score (nSPS) is 13.0. The molecule has 0 aromatic carbocycles. The predicted octanol–water partition coefficient (Wildman–Crippen LogP) is -0.453. The number of aliphatic hydroxyl groups excluding tert-OH is 2. The largest absolute Gasteiger partial charge is 0.460 e. The second-order valence-electron chi connectivity index (χ2n) is 4.15. The third-order valence-electron chi connectivity index (χ3n) is 2.19. The first-order chi connectivity index (χ1) is 10.5. The molecular formula is C14H22O8. The van der Waals surface area contributed by atoms with E-state index < -0.39 is 24.1 Å². The lowest BCUT2D eigenvalue weighted by molar-refractivity contribution is -0.142. The number of rotatable bonds is 13. The van der Waals surface area contributed by atoms with Gasteiger partial charge in [-0.15, -0.1) is 0 Å². The van der Waals surface area contributed by atoms with Crippen molar-refractivity contribution < 1.29 is 38.7 Å². The summed E-state index contributed by atoms with van der Waals surface area (Å²) in [7, 11) is 0. The third kappa shape index (κ3) is 12.0. The fourth-order valence-corrected chi connectivity index (χ4v) is 1.23. The Kier molecular flexibility index (Phi) is 11.9. The van der Waals surface area contributed by atoms with Crippen molar-refractivity contribution in [3.8, 4) is 0 Å². The molecule has 126 valence electrons. The van der Waals surface area contributed by atoms with E-state index in [0.717, 1.165) is 12.3 Å². The van der Waals surface area contributed by atoms with Crippen LogP contribution in [0.5, 0.6) is 0 Å². The third-order valence-corrected chi connectivity index (χ3v) is 2.19. The van der Waals surface area contributed by atoms with Crippen LogP contribution in [0.2, 0.25) is 0 Å². The average Bonchev–Trinajstić information content (AvgIpc) is 2.48. The van der Waals surface area contributed by atoms with E-state index in [1.54, 1.807) is 0 Å². The van der Waals surface area contributed by atoms with Crippen LogP contribution in [0.25, 0.3) is 0 Å². The number of esters is 2. The van der Waals surface area contributed by atoms with Crippen LogP contribution in [-0.4, -0.2) is 67.4 Å². The monoisotopic (exact) mass is 318 g/mol. The van der Waals surface area contributed by atoms with Gasteiger partial charge < -0.3 is 29.2 Å². The number of aliphatic hydroxyl groups is 2. The van der Waals surface area contributed by atoms with E-state index in [0.29, 0.717) is 0 Å². The molecule has 8 heteroatoms. The zero-order valence-corrected chi connectivity index (χ0v) is 12.3. The van der Waals surface area contributed by atoms with Crippen molar-refractivity contribution in [3.05, 3.63) is 25.5 Å². The molecule has 0 spiro atoms. The first kappa shape index (κ1) is 20.3. The van der Waals surface area contributed by atoms with E-state index in [9.17, 15) is 19.8 Å². The van der Waals surface area contributed by atoms with Gasteiger partial charge in [-0.2, -0.15) is 0 Å². The van der Waals surface area contributed by atoms with E-state index in [1.165, 1.54) is 0 Å². The van der Waals surface area contributed by atoms with Crippen molar-refractivity contribution in [1.29, 1.82) is 0 Å². The van der Waals surface area contributed by atoms with Crippen molar-refractivity contribution in [1.82, 2.24) is 0 Å². The highest BCUT2D eigenvalue weighted by atomic mass is 16.6. The number of carbonyl (C=O) groups excluding carboxylic acids is 2. The highest BCUT2D eigenvalue weighted by Crippen LogP contribution is 1.96. The topological polar surface area (TPSA) is 112 Å². The SMILES string of the molecule is C=COC(=O)CC(O)COCCOCC(O)COC(=O)C=C. The molecule has 0 amide bonds. The van der Waals surface area contributed by atoms with Gasteiger partial charge in [-0.05, 0) is 0 Å². The Morgan fingerprint density at radius 2 is 1.59 bits per heavy atom. The molecule has 0 aliphatic rings. The summed E-state index contributed by atoms with van der Waals surface area (Å²) >= 11 is 0. The molecule has 22 heavy (non-hydrogen) atoms. The smallest absolute Gasteiger partial charge is 0.330 e. The molecular weight excluding hydrogens is 296 g/mol. The lowest BCUT2D eigenvalue weighted by Gasteiger charge is -2.12. The Morgan fingerprint density at radius 3 is 2.14 bits per heavy atom. The predicted molar refractivity (Wildman–Crippen MR) is 75.7 cm³/mol. The van der Waals surface area contributed by atoms with Gasteiger partial charge in [0.15, 0.2) is 0 Å².